The van der Waals surface area contributed by atoms with Gasteiger partial charge in [-0.15, -0.1) is 0 Å². The fourth-order valence-corrected chi connectivity index (χ4v) is 4.57. The summed E-state index contributed by atoms with van der Waals surface area (Å²) in [6, 6.07) is 15.1. The molecule has 0 spiro atoms. The van der Waals surface area contributed by atoms with Crippen molar-refractivity contribution in [3.63, 3.8) is 0 Å². The van der Waals surface area contributed by atoms with Crippen LogP contribution in [0.2, 0.25) is 5.02 Å². The highest BCUT2D eigenvalue weighted by Crippen LogP contribution is 2.34. The summed E-state index contributed by atoms with van der Waals surface area (Å²) in [4.78, 5) is 42.8. The number of halogens is 1. The molecule has 1 saturated heterocycles. The Morgan fingerprint density at radius 1 is 0.946 bits per heavy atom. The third-order valence-electron chi connectivity index (χ3n) is 6.23. The van der Waals surface area contributed by atoms with E-state index in [-0.39, 0.29) is 30.5 Å². The third kappa shape index (κ3) is 5.95. The fraction of sp³-hybridized carbons (Fsp3) is 0.296. The minimum absolute atomic E-state index is 0.0291. The number of methoxy groups -OCH3 is 2. The van der Waals surface area contributed by atoms with Crippen LogP contribution in [0.4, 0.5) is 11.4 Å². The highest BCUT2D eigenvalue weighted by atomic mass is 35.5. The number of ether oxygens (including phenoxy) is 3. The predicted molar refractivity (Wildman–Crippen MR) is 140 cm³/mol. The van der Waals surface area contributed by atoms with Crippen molar-refractivity contribution in [1.29, 1.82) is 0 Å². The van der Waals surface area contributed by atoms with Gasteiger partial charge in [0, 0.05) is 37.9 Å². The first-order chi connectivity index (χ1) is 17.9. The normalized spacial score (nSPS) is 16.2. The van der Waals surface area contributed by atoms with Gasteiger partial charge < -0.3 is 28.9 Å². The molecule has 0 aliphatic carbocycles. The molecule has 0 bridgehead atoms. The Bertz CT molecular complexity index is 1220. The van der Waals surface area contributed by atoms with Crippen molar-refractivity contribution in [2.45, 2.75) is 0 Å². The minimum Gasteiger partial charge on any atom is -0.466 e. The summed E-state index contributed by atoms with van der Waals surface area (Å²) in [6.07, 6.45) is 3.42. The Kier molecular flexibility index (Phi) is 8.47. The molecule has 2 aromatic carbocycles. The van der Waals surface area contributed by atoms with E-state index in [0.29, 0.717) is 36.9 Å². The quantitative estimate of drug-likeness (QED) is 0.420. The molecule has 10 heteroatoms. The molecule has 0 N–H and O–H groups in total. The monoisotopic (exact) mass is 525 g/mol. The molecular weight excluding hydrogens is 498 g/mol. The van der Waals surface area contributed by atoms with Crippen LogP contribution in [0.25, 0.3) is 6.08 Å². The van der Waals surface area contributed by atoms with Gasteiger partial charge in [-0.1, -0.05) is 41.9 Å². The van der Waals surface area contributed by atoms with Crippen LogP contribution >= 0.6 is 11.6 Å². The van der Waals surface area contributed by atoms with Crippen LogP contribution in [-0.2, 0) is 28.6 Å². The maximum Gasteiger partial charge on any atom is 0.355 e. The van der Waals surface area contributed by atoms with Crippen LogP contribution in [0.3, 0.4) is 0 Å². The minimum atomic E-state index is -0.675. The third-order valence-corrected chi connectivity index (χ3v) is 6.53. The van der Waals surface area contributed by atoms with Gasteiger partial charge in [0.15, 0.2) is 0 Å². The molecule has 37 heavy (non-hydrogen) atoms. The van der Waals surface area contributed by atoms with Gasteiger partial charge >= 0.3 is 11.9 Å². The molecule has 2 heterocycles. The molecule has 0 radical (unpaired) electrons. The van der Waals surface area contributed by atoms with E-state index in [1.165, 1.54) is 19.1 Å². The summed E-state index contributed by atoms with van der Waals surface area (Å²) < 4.78 is 15.2. The molecule has 1 fully saturated rings. The van der Waals surface area contributed by atoms with Crippen molar-refractivity contribution in [3.05, 3.63) is 76.5 Å². The van der Waals surface area contributed by atoms with Crippen molar-refractivity contribution in [3.8, 4) is 0 Å². The van der Waals surface area contributed by atoms with Gasteiger partial charge in [-0.25, -0.2) is 9.59 Å². The van der Waals surface area contributed by atoms with Crippen LogP contribution < -0.4 is 9.80 Å². The highest BCUT2D eigenvalue weighted by Gasteiger charge is 2.33. The van der Waals surface area contributed by atoms with Crippen LogP contribution in [0, 0.1) is 0 Å². The predicted octanol–water partition coefficient (Wildman–Crippen LogP) is 3.10. The van der Waals surface area contributed by atoms with E-state index in [1.54, 1.807) is 18.2 Å². The maximum atomic E-state index is 12.6. The highest BCUT2D eigenvalue weighted by molar-refractivity contribution is 6.33. The summed E-state index contributed by atoms with van der Waals surface area (Å²) in [7, 11) is 2.48. The van der Waals surface area contributed by atoms with Crippen molar-refractivity contribution in [1.82, 2.24) is 4.90 Å². The van der Waals surface area contributed by atoms with Gasteiger partial charge in [0.2, 0.25) is 5.91 Å². The fourth-order valence-electron chi connectivity index (χ4n) is 4.27. The molecule has 0 saturated carbocycles. The van der Waals surface area contributed by atoms with Gasteiger partial charge in [-0.05, 0) is 29.8 Å². The molecular formula is C27H28ClN3O6. The number of rotatable bonds is 6. The molecule has 0 aromatic heterocycles. The summed E-state index contributed by atoms with van der Waals surface area (Å²) in [6.45, 7) is 2.34. The van der Waals surface area contributed by atoms with Crippen molar-refractivity contribution in [2.75, 3.05) is 63.5 Å². The summed E-state index contributed by atoms with van der Waals surface area (Å²) in [5, 5.41) is 0.468. The van der Waals surface area contributed by atoms with E-state index in [4.69, 9.17) is 25.8 Å². The largest absolute Gasteiger partial charge is 0.466 e. The molecule has 2 aliphatic heterocycles. The Hall–Kier alpha value is -3.82. The number of hydrogen-bond acceptors (Lipinski definition) is 8. The smallest absolute Gasteiger partial charge is 0.355 e. The zero-order valence-corrected chi connectivity index (χ0v) is 21.4. The molecule has 9 nitrogen and oxygen atoms in total. The lowest BCUT2D eigenvalue weighted by atomic mass is 10.1. The van der Waals surface area contributed by atoms with E-state index >= 15 is 0 Å². The number of carbonyl (C=O) groups is 3. The number of benzene rings is 2. The van der Waals surface area contributed by atoms with Crippen LogP contribution in [-0.4, -0.2) is 76.5 Å². The summed E-state index contributed by atoms with van der Waals surface area (Å²) >= 11 is 6.66. The molecule has 194 valence electrons. The first-order valence-corrected chi connectivity index (χ1v) is 12.1. The SMILES string of the molecule is COC(=O)C1=C(C(=O)OC)N(c2ccc(N3CCN(C(=O)C=Cc4ccccc4)CC3)c(Cl)c2)COC1. The van der Waals surface area contributed by atoms with Gasteiger partial charge in [0.05, 0.1) is 37.1 Å². The van der Waals surface area contributed by atoms with Gasteiger partial charge in [0.1, 0.15) is 12.4 Å². The molecule has 2 aliphatic rings. The molecule has 2 aromatic rings. The lowest BCUT2D eigenvalue weighted by molar-refractivity contribution is -0.140. The number of anilines is 2. The standard InChI is InChI=1S/C27H28ClN3O6/c1-35-26(33)21-17-37-18-31(25(21)27(34)36-2)20-9-10-23(22(28)16-20)29-12-14-30(15-13-29)24(32)11-8-19-6-4-3-5-7-19/h3-11,16H,12-15,17-18H2,1-2H3. The zero-order chi connectivity index (χ0) is 26.4. The topological polar surface area (TPSA) is 88.6 Å². The van der Waals surface area contributed by atoms with E-state index in [2.05, 4.69) is 4.90 Å². The lowest BCUT2D eigenvalue weighted by Crippen LogP contribution is -2.48. The average molecular weight is 526 g/mol. The van der Waals surface area contributed by atoms with Crippen LogP contribution in [0.15, 0.2) is 65.9 Å². The first kappa shape index (κ1) is 26.2. The van der Waals surface area contributed by atoms with Gasteiger partial charge in [-0.2, -0.15) is 0 Å². The second kappa shape index (κ2) is 11.9. The number of carbonyl (C=O) groups excluding carboxylic acids is 3. The van der Waals surface area contributed by atoms with E-state index in [0.717, 1.165) is 11.3 Å². The Labute approximate surface area is 220 Å². The number of nitrogens with zero attached hydrogens (tertiary/aromatic N) is 3. The Morgan fingerprint density at radius 3 is 2.30 bits per heavy atom. The number of esters is 2. The van der Waals surface area contributed by atoms with E-state index in [1.807, 2.05) is 47.4 Å². The second-order valence-electron chi connectivity index (χ2n) is 8.41. The number of hydrogen-bond donors (Lipinski definition) is 0. The van der Waals surface area contributed by atoms with Crippen molar-refractivity contribution in [2.24, 2.45) is 0 Å². The van der Waals surface area contributed by atoms with Gasteiger partial charge in [0.25, 0.3) is 0 Å². The molecule has 4 rings (SSSR count). The summed E-state index contributed by atoms with van der Waals surface area (Å²) in [5.74, 6) is -1.37. The molecule has 1 amide bonds. The number of piperazine rings is 1. The molecule has 0 unspecified atom stereocenters. The van der Waals surface area contributed by atoms with Crippen LogP contribution in [0.1, 0.15) is 5.56 Å². The average Bonchev–Trinajstić information content (AvgIpc) is 2.95. The van der Waals surface area contributed by atoms with Gasteiger partial charge in [-0.3, -0.25) is 4.79 Å². The lowest BCUT2D eigenvalue weighted by Gasteiger charge is -2.36. The Morgan fingerprint density at radius 2 is 1.65 bits per heavy atom. The number of amides is 1. The second-order valence-corrected chi connectivity index (χ2v) is 8.82. The summed E-state index contributed by atoms with van der Waals surface area (Å²) in [5.41, 5.74) is 2.48. The Balaban J connectivity index is 1.46. The molecule has 0 atom stereocenters. The van der Waals surface area contributed by atoms with Crippen molar-refractivity contribution >= 4 is 46.9 Å². The van der Waals surface area contributed by atoms with E-state index < -0.39 is 11.9 Å². The van der Waals surface area contributed by atoms with Crippen LogP contribution in [0.5, 0.6) is 0 Å². The maximum absolute atomic E-state index is 12.6. The van der Waals surface area contributed by atoms with E-state index in [9.17, 15) is 14.4 Å². The van der Waals surface area contributed by atoms with Crippen molar-refractivity contribution < 1.29 is 28.6 Å². The zero-order valence-electron chi connectivity index (χ0n) is 20.7. The first-order valence-electron chi connectivity index (χ1n) is 11.7.